The Kier molecular flexibility index (Phi) is 5.53. The molecule has 1 amide bonds. The van der Waals surface area contributed by atoms with Gasteiger partial charge >= 0.3 is 12.1 Å². The van der Waals surface area contributed by atoms with Crippen molar-refractivity contribution in [2.75, 3.05) is 4.90 Å². The first-order chi connectivity index (χ1) is 14.9. The van der Waals surface area contributed by atoms with Crippen LogP contribution in [0.1, 0.15) is 21.8 Å². The fourth-order valence-electron chi connectivity index (χ4n) is 3.01. The minimum atomic E-state index is -4.70. The van der Waals surface area contributed by atoms with Crippen LogP contribution in [-0.4, -0.2) is 16.1 Å². The highest BCUT2D eigenvalue weighted by Gasteiger charge is 2.38. The van der Waals surface area contributed by atoms with Crippen LogP contribution in [0.4, 0.5) is 18.9 Å². The first kappa shape index (κ1) is 20.3. The molecular weight excluding hydrogens is 407 g/mol. The van der Waals surface area contributed by atoms with Crippen molar-refractivity contribution in [1.29, 1.82) is 0 Å². The molecule has 1 heterocycles. The molecule has 0 saturated heterocycles. The lowest BCUT2D eigenvalue weighted by atomic mass is 10.1. The fraction of sp³-hybridized carbons (Fsp3) is 0.0870. The molecule has 3 aromatic carbocycles. The standard InChI is InChI=1S/C23H16F3N3O2/c24-23(25,26)22-28-27-20(31-22)17-13-11-16(12-14-17)15-29(19-9-5-2-6-10-19)21(30)18-7-3-1-4-8-18/h1-14H,15H2. The van der Waals surface area contributed by atoms with E-state index in [1.807, 2.05) is 36.4 Å². The Morgan fingerprint density at radius 2 is 1.45 bits per heavy atom. The van der Waals surface area contributed by atoms with Crippen LogP contribution in [0.2, 0.25) is 0 Å². The maximum atomic E-state index is 13.1. The van der Waals surface area contributed by atoms with E-state index in [1.165, 1.54) is 0 Å². The van der Waals surface area contributed by atoms with Crippen LogP contribution in [0.3, 0.4) is 0 Å². The Morgan fingerprint density at radius 3 is 2.03 bits per heavy atom. The van der Waals surface area contributed by atoms with Crippen LogP contribution in [0, 0.1) is 0 Å². The zero-order valence-corrected chi connectivity index (χ0v) is 16.1. The SMILES string of the molecule is O=C(c1ccccc1)N(Cc1ccc(-c2nnc(C(F)(F)F)o2)cc1)c1ccccc1. The molecule has 4 aromatic rings. The lowest BCUT2D eigenvalue weighted by molar-refractivity contribution is -0.156. The number of carbonyl (C=O) groups excluding carboxylic acids is 1. The van der Waals surface area contributed by atoms with E-state index >= 15 is 0 Å². The Balaban J connectivity index is 1.59. The van der Waals surface area contributed by atoms with Gasteiger partial charge in [-0.25, -0.2) is 0 Å². The summed E-state index contributed by atoms with van der Waals surface area (Å²) in [6.07, 6.45) is -4.70. The summed E-state index contributed by atoms with van der Waals surface area (Å²) in [5.74, 6) is -1.78. The van der Waals surface area contributed by atoms with E-state index < -0.39 is 12.1 Å². The van der Waals surface area contributed by atoms with Gasteiger partial charge in [-0.15, -0.1) is 10.2 Å². The number of hydrogen-bond donors (Lipinski definition) is 0. The second-order valence-electron chi connectivity index (χ2n) is 6.70. The molecule has 0 unspecified atom stereocenters. The number of carbonyl (C=O) groups is 1. The van der Waals surface area contributed by atoms with Gasteiger partial charge in [0.15, 0.2) is 0 Å². The molecule has 5 nitrogen and oxygen atoms in total. The van der Waals surface area contributed by atoms with Crippen LogP contribution in [-0.2, 0) is 12.7 Å². The van der Waals surface area contributed by atoms with Crippen molar-refractivity contribution < 1.29 is 22.4 Å². The van der Waals surface area contributed by atoms with Crippen LogP contribution < -0.4 is 4.90 Å². The summed E-state index contributed by atoms with van der Waals surface area (Å²) in [6, 6.07) is 24.7. The van der Waals surface area contributed by atoms with Gasteiger partial charge in [-0.05, 0) is 42.0 Å². The predicted molar refractivity (Wildman–Crippen MR) is 108 cm³/mol. The number of halogens is 3. The zero-order chi connectivity index (χ0) is 21.8. The van der Waals surface area contributed by atoms with Gasteiger partial charge in [0.25, 0.3) is 5.91 Å². The van der Waals surface area contributed by atoms with Gasteiger partial charge in [0.05, 0.1) is 6.54 Å². The number of nitrogens with zero attached hydrogens (tertiary/aromatic N) is 3. The van der Waals surface area contributed by atoms with E-state index in [-0.39, 0.29) is 18.3 Å². The Labute approximate surface area is 175 Å². The van der Waals surface area contributed by atoms with Crippen molar-refractivity contribution in [3.05, 3.63) is 102 Å². The summed E-state index contributed by atoms with van der Waals surface area (Å²) in [5.41, 5.74) is 2.42. The summed E-state index contributed by atoms with van der Waals surface area (Å²) < 4.78 is 42.7. The number of para-hydroxylation sites is 1. The minimum Gasteiger partial charge on any atom is -0.413 e. The number of hydrogen-bond acceptors (Lipinski definition) is 4. The molecular formula is C23H16F3N3O2. The van der Waals surface area contributed by atoms with Crippen LogP contribution in [0.5, 0.6) is 0 Å². The first-order valence-electron chi connectivity index (χ1n) is 9.34. The van der Waals surface area contributed by atoms with Gasteiger partial charge < -0.3 is 9.32 Å². The third kappa shape index (κ3) is 4.63. The normalized spacial score (nSPS) is 11.3. The third-order valence-corrected chi connectivity index (χ3v) is 4.54. The van der Waals surface area contributed by atoms with Crippen LogP contribution >= 0.6 is 0 Å². The van der Waals surface area contributed by atoms with Crippen molar-refractivity contribution in [3.8, 4) is 11.5 Å². The molecule has 0 spiro atoms. The van der Waals surface area contributed by atoms with E-state index in [1.54, 1.807) is 53.4 Å². The predicted octanol–water partition coefficient (Wildman–Crippen LogP) is 5.60. The van der Waals surface area contributed by atoms with Gasteiger partial charge in [0, 0.05) is 16.8 Å². The average Bonchev–Trinajstić information content (AvgIpc) is 3.30. The lowest BCUT2D eigenvalue weighted by Gasteiger charge is -2.23. The molecule has 1 aromatic heterocycles. The molecule has 4 rings (SSSR count). The van der Waals surface area contributed by atoms with E-state index in [9.17, 15) is 18.0 Å². The molecule has 0 fully saturated rings. The second kappa shape index (κ2) is 8.43. The maximum absolute atomic E-state index is 13.1. The number of benzene rings is 3. The molecule has 8 heteroatoms. The van der Waals surface area contributed by atoms with Crippen molar-refractivity contribution in [1.82, 2.24) is 10.2 Å². The topological polar surface area (TPSA) is 59.2 Å². The number of rotatable bonds is 5. The van der Waals surface area contributed by atoms with Crippen LogP contribution in [0.15, 0.2) is 89.3 Å². The van der Waals surface area contributed by atoms with Gasteiger partial charge in [-0.2, -0.15) is 13.2 Å². The maximum Gasteiger partial charge on any atom is 0.470 e. The number of amides is 1. The Bertz CT molecular complexity index is 1160. The molecule has 0 N–H and O–H groups in total. The summed E-state index contributed by atoms with van der Waals surface area (Å²) in [6.45, 7) is 0.273. The third-order valence-electron chi connectivity index (χ3n) is 4.54. The van der Waals surface area contributed by atoms with E-state index in [4.69, 9.17) is 4.42 Å². The van der Waals surface area contributed by atoms with Gasteiger partial charge in [0.1, 0.15) is 0 Å². The molecule has 0 atom stereocenters. The molecule has 0 bridgehead atoms. The van der Waals surface area contributed by atoms with Crippen molar-refractivity contribution in [2.24, 2.45) is 0 Å². The molecule has 0 saturated carbocycles. The highest BCUT2D eigenvalue weighted by molar-refractivity contribution is 6.06. The molecule has 0 aliphatic rings. The minimum absolute atomic E-state index is 0.164. The van der Waals surface area contributed by atoms with Crippen LogP contribution in [0.25, 0.3) is 11.5 Å². The average molecular weight is 423 g/mol. The summed E-state index contributed by atoms with van der Waals surface area (Å²) in [7, 11) is 0. The van der Waals surface area contributed by atoms with Gasteiger partial charge in [-0.1, -0.05) is 48.5 Å². The van der Waals surface area contributed by atoms with Gasteiger partial charge in [-0.3, -0.25) is 4.79 Å². The molecule has 0 aliphatic heterocycles. The fourth-order valence-corrected chi connectivity index (χ4v) is 3.01. The molecule has 31 heavy (non-hydrogen) atoms. The van der Waals surface area contributed by atoms with E-state index in [0.29, 0.717) is 11.1 Å². The molecule has 0 aliphatic carbocycles. The Hall–Kier alpha value is -3.94. The highest BCUT2D eigenvalue weighted by Crippen LogP contribution is 2.30. The zero-order valence-electron chi connectivity index (χ0n) is 16.1. The summed E-state index contributed by atoms with van der Waals surface area (Å²) in [5, 5.41) is 6.49. The van der Waals surface area contributed by atoms with E-state index in [2.05, 4.69) is 10.2 Å². The van der Waals surface area contributed by atoms with E-state index in [0.717, 1.165) is 11.3 Å². The van der Waals surface area contributed by atoms with Crippen molar-refractivity contribution in [3.63, 3.8) is 0 Å². The number of anilines is 1. The summed E-state index contributed by atoms with van der Waals surface area (Å²) in [4.78, 5) is 14.8. The summed E-state index contributed by atoms with van der Waals surface area (Å²) >= 11 is 0. The monoisotopic (exact) mass is 423 g/mol. The largest absolute Gasteiger partial charge is 0.470 e. The number of aromatic nitrogens is 2. The number of alkyl halides is 3. The molecule has 156 valence electrons. The Morgan fingerprint density at radius 1 is 0.839 bits per heavy atom. The smallest absolute Gasteiger partial charge is 0.413 e. The quantitative estimate of drug-likeness (QED) is 0.419. The van der Waals surface area contributed by atoms with Gasteiger partial charge in [0.2, 0.25) is 5.89 Å². The second-order valence-corrected chi connectivity index (χ2v) is 6.70. The first-order valence-corrected chi connectivity index (χ1v) is 9.34. The molecule has 0 radical (unpaired) electrons. The lowest BCUT2D eigenvalue weighted by Crippen LogP contribution is -2.30. The van der Waals surface area contributed by atoms with Crippen molar-refractivity contribution in [2.45, 2.75) is 12.7 Å². The highest BCUT2D eigenvalue weighted by atomic mass is 19.4. The van der Waals surface area contributed by atoms with Crippen molar-refractivity contribution >= 4 is 11.6 Å².